The molecule has 1 heterocycles. The van der Waals surface area contributed by atoms with Crippen LogP contribution in [-0.2, 0) is 0 Å². The third-order valence-electron chi connectivity index (χ3n) is 2.65. The maximum Gasteiger partial charge on any atom is 0.257 e. The second-order valence-electron chi connectivity index (χ2n) is 4.23. The van der Waals surface area contributed by atoms with Crippen LogP contribution in [-0.4, -0.2) is 15.9 Å². The van der Waals surface area contributed by atoms with Gasteiger partial charge in [0.25, 0.3) is 5.91 Å². The van der Waals surface area contributed by atoms with Gasteiger partial charge in [0, 0.05) is 12.4 Å². The third kappa shape index (κ3) is 2.97. The molecule has 2 rings (SSSR count). The monoisotopic (exact) mass is 289 g/mol. The van der Waals surface area contributed by atoms with Crippen LogP contribution in [0, 0.1) is 12.7 Å². The number of aryl methyl sites for hydroxylation is 1. The van der Waals surface area contributed by atoms with Crippen molar-refractivity contribution < 1.29 is 9.18 Å². The molecule has 1 amide bonds. The highest BCUT2D eigenvalue weighted by molar-refractivity contribution is 7.80. The Hall–Kier alpha value is -2.34. The van der Waals surface area contributed by atoms with Gasteiger partial charge in [0.2, 0.25) is 0 Å². The lowest BCUT2D eigenvalue weighted by molar-refractivity contribution is 0.102. The first-order valence-corrected chi connectivity index (χ1v) is 6.21. The number of nitrogens with two attached hydrogens (primary N) is 1. The topological polar surface area (TPSA) is 68.0 Å². The fraction of sp³-hybridized carbons (Fsp3) is 0.0714. The van der Waals surface area contributed by atoms with Crippen LogP contribution in [0.25, 0.3) is 0 Å². The Labute approximate surface area is 120 Å². The molecule has 0 saturated carbocycles. The molecule has 4 nitrogen and oxygen atoms in total. The van der Waals surface area contributed by atoms with Gasteiger partial charge in [-0.25, -0.2) is 4.39 Å². The summed E-state index contributed by atoms with van der Waals surface area (Å²) in [7, 11) is 0. The van der Waals surface area contributed by atoms with Gasteiger partial charge in [0.1, 0.15) is 10.8 Å². The number of nitrogens with zero attached hydrogens (tertiary/aromatic N) is 1. The SMILES string of the molecule is Cc1cncc(C(=O)Nc2cccc(F)c2C(N)=S)c1. The number of thiocarbonyl (C=S) groups is 1. The van der Waals surface area contributed by atoms with E-state index in [4.69, 9.17) is 18.0 Å². The summed E-state index contributed by atoms with van der Waals surface area (Å²) >= 11 is 4.80. The zero-order chi connectivity index (χ0) is 14.7. The Balaban J connectivity index is 2.33. The molecular weight excluding hydrogens is 277 g/mol. The standard InChI is InChI=1S/C14H12FN3OS/c1-8-5-9(7-17-6-8)14(19)18-11-4-2-3-10(15)12(11)13(16)20/h2-7H,1H3,(H2,16,20)(H,18,19). The molecule has 0 saturated heterocycles. The maximum atomic E-state index is 13.7. The molecule has 20 heavy (non-hydrogen) atoms. The fourth-order valence-electron chi connectivity index (χ4n) is 1.75. The number of rotatable bonds is 3. The summed E-state index contributed by atoms with van der Waals surface area (Å²) in [4.78, 5) is 15.9. The molecular formula is C14H12FN3OS. The van der Waals surface area contributed by atoms with E-state index in [9.17, 15) is 9.18 Å². The lowest BCUT2D eigenvalue weighted by Gasteiger charge is -2.11. The van der Waals surface area contributed by atoms with Gasteiger partial charge in [-0.15, -0.1) is 0 Å². The van der Waals surface area contributed by atoms with Gasteiger partial charge >= 0.3 is 0 Å². The number of pyridine rings is 1. The summed E-state index contributed by atoms with van der Waals surface area (Å²) in [5.41, 5.74) is 6.98. The van der Waals surface area contributed by atoms with E-state index in [0.29, 0.717) is 5.56 Å². The predicted octanol–water partition coefficient (Wildman–Crippen LogP) is 2.42. The minimum atomic E-state index is -0.572. The highest BCUT2D eigenvalue weighted by Gasteiger charge is 2.14. The number of aromatic nitrogens is 1. The lowest BCUT2D eigenvalue weighted by atomic mass is 10.1. The number of halogens is 1. The molecule has 0 radical (unpaired) electrons. The van der Waals surface area contributed by atoms with Crippen molar-refractivity contribution in [3.63, 3.8) is 0 Å². The molecule has 0 fully saturated rings. The van der Waals surface area contributed by atoms with E-state index in [1.165, 1.54) is 18.3 Å². The Morgan fingerprint density at radius 3 is 2.80 bits per heavy atom. The molecule has 0 atom stereocenters. The molecule has 1 aromatic heterocycles. The largest absolute Gasteiger partial charge is 0.389 e. The number of hydrogen-bond donors (Lipinski definition) is 2. The molecule has 6 heteroatoms. The average Bonchev–Trinajstić information content (AvgIpc) is 2.38. The highest BCUT2D eigenvalue weighted by Crippen LogP contribution is 2.19. The zero-order valence-corrected chi connectivity index (χ0v) is 11.5. The Bertz CT molecular complexity index is 688. The number of hydrogen-bond acceptors (Lipinski definition) is 3. The van der Waals surface area contributed by atoms with Crippen LogP contribution in [0.4, 0.5) is 10.1 Å². The number of benzene rings is 1. The van der Waals surface area contributed by atoms with Crippen molar-refractivity contribution in [1.29, 1.82) is 0 Å². The smallest absolute Gasteiger partial charge is 0.257 e. The van der Waals surface area contributed by atoms with Gasteiger partial charge < -0.3 is 11.1 Å². The molecule has 0 bridgehead atoms. The van der Waals surface area contributed by atoms with Crippen LogP contribution in [0.2, 0.25) is 0 Å². The van der Waals surface area contributed by atoms with Gasteiger partial charge in [-0.2, -0.15) is 0 Å². The highest BCUT2D eigenvalue weighted by atomic mass is 32.1. The van der Waals surface area contributed by atoms with Crippen molar-refractivity contribution >= 4 is 28.8 Å². The molecule has 0 aliphatic rings. The average molecular weight is 289 g/mol. The quantitative estimate of drug-likeness (QED) is 0.852. The van der Waals surface area contributed by atoms with Crippen LogP contribution in [0.1, 0.15) is 21.5 Å². The predicted molar refractivity (Wildman–Crippen MR) is 79.2 cm³/mol. The molecule has 1 aromatic carbocycles. The fourth-order valence-corrected chi connectivity index (χ4v) is 1.96. The molecule has 0 spiro atoms. The number of anilines is 1. The Kier molecular flexibility index (Phi) is 4.05. The van der Waals surface area contributed by atoms with Crippen LogP contribution in [0.5, 0.6) is 0 Å². The zero-order valence-electron chi connectivity index (χ0n) is 10.7. The molecule has 102 valence electrons. The van der Waals surface area contributed by atoms with E-state index in [1.807, 2.05) is 6.92 Å². The van der Waals surface area contributed by atoms with Crippen molar-refractivity contribution in [3.05, 3.63) is 59.2 Å². The number of nitrogens with one attached hydrogen (secondary N) is 1. The Morgan fingerprint density at radius 2 is 2.15 bits per heavy atom. The van der Waals surface area contributed by atoms with Crippen LogP contribution >= 0.6 is 12.2 Å². The summed E-state index contributed by atoms with van der Waals surface area (Å²) < 4.78 is 13.7. The number of carbonyl (C=O) groups excluding carboxylic acids is 1. The molecule has 0 aliphatic heterocycles. The van der Waals surface area contributed by atoms with Crippen molar-refractivity contribution in [1.82, 2.24) is 4.98 Å². The summed E-state index contributed by atoms with van der Waals surface area (Å²) in [5.74, 6) is -0.970. The van der Waals surface area contributed by atoms with Gasteiger partial charge in [-0.1, -0.05) is 18.3 Å². The Morgan fingerprint density at radius 1 is 1.40 bits per heavy atom. The normalized spacial score (nSPS) is 10.1. The minimum Gasteiger partial charge on any atom is -0.389 e. The number of amides is 1. The second kappa shape index (κ2) is 5.75. The summed E-state index contributed by atoms with van der Waals surface area (Å²) in [5, 5.41) is 2.59. The van der Waals surface area contributed by atoms with E-state index in [-0.39, 0.29) is 16.2 Å². The lowest BCUT2D eigenvalue weighted by Crippen LogP contribution is -2.19. The van der Waals surface area contributed by atoms with Crippen molar-refractivity contribution in [2.24, 2.45) is 5.73 Å². The number of carbonyl (C=O) groups is 1. The molecule has 3 N–H and O–H groups in total. The van der Waals surface area contributed by atoms with Crippen LogP contribution in [0.15, 0.2) is 36.7 Å². The van der Waals surface area contributed by atoms with E-state index in [0.717, 1.165) is 5.56 Å². The molecule has 2 aromatic rings. The van der Waals surface area contributed by atoms with Crippen LogP contribution < -0.4 is 11.1 Å². The van der Waals surface area contributed by atoms with Gasteiger partial charge in [-0.05, 0) is 30.7 Å². The van der Waals surface area contributed by atoms with E-state index < -0.39 is 11.7 Å². The summed E-state index contributed by atoms with van der Waals surface area (Å²) in [6.45, 7) is 1.83. The molecule has 0 unspecified atom stereocenters. The van der Waals surface area contributed by atoms with Crippen molar-refractivity contribution in [2.75, 3.05) is 5.32 Å². The van der Waals surface area contributed by atoms with E-state index >= 15 is 0 Å². The van der Waals surface area contributed by atoms with E-state index in [1.54, 1.807) is 18.3 Å². The van der Waals surface area contributed by atoms with Crippen LogP contribution in [0.3, 0.4) is 0 Å². The van der Waals surface area contributed by atoms with Crippen molar-refractivity contribution in [3.8, 4) is 0 Å². The first-order valence-electron chi connectivity index (χ1n) is 5.80. The summed E-state index contributed by atoms with van der Waals surface area (Å²) in [6, 6.07) is 5.93. The molecule has 0 aliphatic carbocycles. The third-order valence-corrected chi connectivity index (χ3v) is 2.85. The first-order chi connectivity index (χ1) is 9.49. The first kappa shape index (κ1) is 14.1. The van der Waals surface area contributed by atoms with Crippen molar-refractivity contribution in [2.45, 2.75) is 6.92 Å². The van der Waals surface area contributed by atoms with Gasteiger partial charge in [0.05, 0.1) is 16.8 Å². The maximum absolute atomic E-state index is 13.7. The minimum absolute atomic E-state index is 0.0245. The van der Waals surface area contributed by atoms with Gasteiger partial charge in [-0.3, -0.25) is 9.78 Å². The van der Waals surface area contributed by atoms with E-state index in [2.05, 4.69) is 10.3 Å². The van der Waals surface area contributed by atoms with Gasteiger partial charge in [0.15, 0.2) is 0 Å². The summed E-state index contributed by atoms with van der Waals surface area (Å²) in [6.07, 6.45) is 3.07. The second-order valence-corrected chi connectivity index (χ2v) is 4.67.